The minimum absolute atomic E-state index is 0.277. The van der Waals surface area contributed by atoms with E-state index in [2.05, 4.69) is 19.2 Å². The highest BCUT2D eigenvalue weighted by Crippen LogP contribution is 2.31. The van der Waals surface area contributed by atoms with E-state index >= 15 is 0 Å². The molecule has 0 aliphatic carbocycles. The van der Waals surface area contributed by atoms with Gasteiger partial charge in [0.1, 0.15) is 22.8 Å². The Labute approximate surface area is 142 Å². The second-order valence-electron chi connectivity index (χ2n) is 6.72. The van der Waals surface area contributed by atoms with Crippen LogP contribution in [0.2, 0.25) is 0 Å². The molecule has 3 rings (SSSR count). The number of rotatable bonds is 5. The highest BCUT2D eigenvalue weighted by molar-refractivity contribution is 5.65. The molecular weight excluding hydrogens is 302 g/mol. The minimum Gasteiger partial charge on any atom is -0.486 e. The molecule has 2 aromatic carbocycles. The molecule has 0 amide bonds. The number of nitrogens with two attached hydrogens (primary N) is 2. The molecule has 24 heavy (non-hydrogen) atoms. The number of anilines is 2. The van der Waals surface area contributed by atoms with Crippen LogP contribution in [0.1, 0.15) is 26.7 Å². The fraction of sp³-hybridized carbons (Fsp3) is 0.368. The second kappa shape index (κ2) is 6.61. The number of benzene rings is 2. The highest BCUT2D eigenvalue weighted by Gasteiger charge is 2.33. The first-order chi connectivity index (χ1) is 11.4. The van der Waals surface area contributed by atoms with Crippen molar-refractivity contribution in [1.29, 1.82) is 0 Å². The smallest absolute Gasteiger partial charge is 0.131 e. The third kappa shape index (κ3) is 3.74. The first-order valence-corrected chi connectivity index (χ1v) is 8.29. The third-order valence-corrected chi connectivity index (χ3v) is 4.38. The summed E-state index contributed by atoms with van der Waals surface area (Å²) < 4.78 is 12.1. The Morgan fingerprint density at radius 2 is 1.75 bits per heavy atom. The van der Waals surface area contributed by atoms with Crippen LogP contribution >= 0.6 is 0 Å². The summed E-state index contributed by atoms with van der Waals surface area (Å²) in [6.45, 7) is 5.29. The molecule has 1 aliphatic heterocycles. The van der Waals surface area contributed by atoms with Gasteiger partial charge in [0.25, 0.3) is 0 Å². The maximum absolute atomic E-state index is 6.22. The summed E-state index contributed by atoms with van der Waals surface area (Å²) in [5.41, 5.74) is 12.3. The lowest BCUT2D eigenvalue weighted by Crippen LogP contribution is -2.47. The second-order valence-corrected chi connectivity index (χ2v) is 6.72. The highest BCUT2D eigenvalue weighted by atomic mass is 16.5. The van der Waals surface area contributed by atoms with Crippen LogP contribution < -0.4 is 26.3 Å². The van der Waals surface area contributed by atoms with E-state index in [0.29, 0.717) is 28.9 Å². The van der Waals surface area contributed by atoms with E-state index < -0.39 is 0 Å². The van der Waals surface area contributed by atoms with E-state index in [-0.39, 0.29) is 5.60 Å². The average Bonchev–Trinajstić information content (AvgIpc) is 3.06. The maximum atomic E-state index is 6.22. The van der Waals surface area contributed by atoms with Crippen LogP contribution in [0, 0.1) is 0 Å². The molecule has 0 radical (unpaired) electrons. The summed E-state index contributed by atoms with van der Waals surface area (Å²) in [5, 5.41) is 3.50. The molecule has 5 N–H and O–H groups in total. The van der Waals surface area contributed by atoms with E-state index in [0.717, 1.165) is 18.7 Å². The number of ether oxygens (including phenoxy) is 2. The lowest BCUT2D eigenvalue weighted by molar-refractivity contribution is 0.0717. The van der Waals surface area contributed by atoms with Gasteiger partial charge in [-0.05, 0) is 57.5 Å². The van der Waals surface area contributed by atoms with Gasteiger partial charge in [0.05, 0.1) is 11.4 Å². The molecule has 0 bridgehead atoms. The SMILES string of the molecule is CC(C)(Oc1cccc(Oc2ccc(N)c(N)c2)c1)C1CCCN1. The lowest BCUT2D eigenvalue weighted by Gasteiger charge is -2.32. The first-order valence-electron chi connectivity index (χ1n) is 8.29. The summed E-state index contributed by atoms with van der Waals surface area (Å²) in [5.74, 6) is 2.14. The summed E-state index contributed by atoms with van der Waals surface area (Å²) in [7, 11) is 0. The van der Waals surface area contributed by atoms with Crippen molar-refractivity contribution in [2.75, 3.05) is 18.0 Å². The van der Waals surface area contributed by atoms with Crippen LogP contribution in [0.4, 0.5) is 11.4 Å². The Hall–Kier alpha value is -2.40. The molecule has 0 saturated carbocycles. The summed E-state index contributed by atoms with van der Waals surface area (Å²) in [4.78, 5) is 0. The molecule has 1 unspecified atom stereocenters. The van der Waals surface area contributed by atoms with Crippen LogP contribution in [0.25, 0.3) is 0 Å². The zero-order chi connectivity index (χ0) is 17.2. The summed E-state index contributed by atoms with van der Waals surface area (Å²) >= 11 is 0. The first kappa shape index (κ1) is 16.5. The van der Waals surface area contributed by atoms with Crippen LogP contribution in [0.5, 0.6) is 17.2 Å². The largest absolute Gasteiger partial charge is 0.486 e. The molecule has 1 atom stereocenters. The Bertz CT molecular complexity index is 710. The molecule has 1 heterocycles. The molecule has 2 aromatic rings. The lowest BCUT2D eigenvalue weighted by atomic mass is 9.97. The Kier molecular flexibility index (Phi) is 4.53. The van der Waals surface area contributed by atoms with Crippen molar-refractivity contribution in [3.63, 3.8) is 0 Å². The van der Waals surface area contributed by atoms with Crippen molar-refractivity contribution < 1.29 is 9.47 Å². The van der Waals surface area contributed by atoms with E-state index in [9.17, 15) is 0 Å². The molecule has 0 spiro atoms. The Morgan fingerprint density at radius 1 is 1.00 bits per heavy atom. The summed E-state index contributed by atoms with van der Waals surface area (Å²) in [6, 6.07) is 13.3. The number of hydrogen-bond acceptors (Lipinski definition) is 5. The topological polar surface area (TPSA) is 82.5 Å². The number of nitrogens with one attached hydrogen (secondary N) is 1. The van der Waals surface area contributed by atoms with Crippen molar-refractivity contribution in [2.24, 2.45) is 0 Å². The van der Waals surface area contributed by atoms with Crippen molar-refractivity contribution in [3.8, 4) is 17.2 Å². The van der Waals surface area contributed by atoms with Crippen LogP contribution in [-0.4, -0.2) is 18.2 Å². The molecule has 128 valence electrons. The van der Waals surface area contributed by atoms with Crippen molar-refractivity contribution >= 4 is 11.4 Å². The average molecular weight is 327 g/mol. The molecule has 5 nitrogen and oxygen atoms in total. The van der Waals surface area contributed by atoms with Gasteiger partial charge in [0.15, 0.2) is 0 Å². The predicted molar refractivity (Wildman–Crippen MR) is 97.5 cm³/mol. The summed E-state index contributed by atoms with van der Waals surface area (Å²) in [6.07, 6.45) is 2.33. The molecule has 1 fully saturated rings. The van der Waals surface area contributed by atoms with Gasteiger partial charge in [0.2, 0.25) is 0 Å². The zero-order valence-electron chi connectivity index (χ0n) is 14.2. The number of hydrogen-bond donors (Lipinski definition) is 3. The van der Waals surface area contributed by atoms with Crippen LogP contribution in [0.15, 0.2) is 42.5 Å². The van der Waals surface area contributed by atoms with Crippen LogP contribution in [0.3, 0.4) is 0 Å². The van der Waals surface area contributed by atoms with Gasteiger partial charge in [-0.25, -0.2) is 0 Å². The van der Waals surface area contributed by atoms with E-state index in [4.69, 9.17) is 20.9 Å². The minimum atomic E-state index is -0.277. The molecule has 5 heteroatoms. The van der Waals surface area contributed by atoms with Gasteiger partial charge < -0.3 is 26.3 Å². The molecule has 1 saturated heterocycles. The van der Waals surface area contributed by atoms with Gasteiger partial charge in [-0.1, -0.05) is 6.07 Å². The quantitative estimate of drug-likeness (QED) is 0.732. The van der Waals surface area contributed by atoms with Gasteiger partial charge in [-0.2, -0.15) is 0 Å². The maximum Gasteiger partial charge on any atom is 0.131 e. The van der Waals surface area contributed by atoms with Gasteiger partial charge in [-0.3, -0.25) is 0 Å². The zero-order valence-corrected chi connectivity index (χ0v) is 14.2. The monoisotopic (exact) mass is 327 g/mol. The normalized spacial score (nSPS) is 17.7. The van der Waals surface area contributed by atoms with Crippen molar-refractivity contribution in [3.05, 3.63) is 42.5 Å². The van der Waals surface area contributed by atoms with Gasteiger partial charge in [0, 0.05) is 18.2 Å². The molecule has 0 aromatic heterocycles. The Balaban J connectivity index is 1.72. The van der Waals surface area contributed by atoms with Crippen LogP contribution in [-0.2, 0) is 0 Å². The van der Waals surface area contributed by atoms with E-state index in [1.165, 1.54) is 6.42 Å². The van der Waals surface area contributed by atoms with Crippen molar-refractivity contribution in [1.82, 2.24) is 5.32 Å². The fourth-order valence-electron chi connectivity index (χ4n) is 3.01. The fourth-order valence-corrected chi connectivity index (χ4v) is 3.01. The number of nitrogen functional groups attached to an aromatic ring is 2. The predicted octanol–water partition coefficient (Wildman–Crippen LogP) is 3.55. The Morgan fingerprint density at radius 3 is 2.46 bits per heavy atom. The van der Waals surface area contributed by atoms with Crippen molar-refractivity contribution in [2.45, 2.75) is 38.3 Å². The molecule has 1 aliphatic rings. The van der Waals surface area contributed by atoms with E-state index in [1.54, 1.807) is 18.2 Å². The molecular formula is C19H25N3O2. The van der Waals surface area contributed by atoms with Gasteiger partial charge in [-0.15, -0.1) is 0 Å². The third-order valence-electron chi connectivity index (χ3n) is 4.38. The van der Waals surface area contributed by atoms with E-state index in [1.807, 2.05) is 24.3 Å². The van der Waals surface area contributed by atoms with Gasteiger partial charge >= 0.3 is 0 Å². The standard InChI is InChI=1S/C19H25N3O2/c1-19(2,18-7-4-10-22-18)24-15-6-3-5-13(11-15)23-14-8-9-16(20)17(21)12-14/h3,5-6,8-9,11-12,18,22H,4,7,10,20-21H2,1-2H3.